The van der Waals surface area contributed by atoms with E-state index in [0.29, 0.717) is 81.1 Å². The standard InChI is InChI=1S/C24H20FN5O3S.C16H11BrFN5O.C14H21BO4S.CH4/c1-14-9-16(34(2,31)32)3-4-17(14)20-12-28-24(30-13-15(10-26)29-23(20)30)27-11-19-18-7-8-33-22(18)6-5-21(19)25;17-12-7-21-16(23-8-9(5-19)22-15(12)23)20-6-11-10-3-4-24-14(10)2-1-13(11)18;1-10-9-11(20(6,16)17)7-8-12(10)15-18-13(2,3)14(4,5)19-15;/h3-6,9,12-13H,7-8,11H2,1-2H3,(H,27,28);1-2,7-8H,3-4,6H2,(H,20,21);7-9H,1-6H3;1H4. The van der Waals surface area contributed by atoms with E-state index in [0.717, 1.165) is 45.3 Å². The van der Waals surface area contributed by atoms with Gasteiger partial charge in [0.2, 0.25) is 11.9 Å². The highest BCUT2D eigenvalue weighted by atomic mass is 79.9. The molecule has 1 fully saturated rings. The fourth-order valence-electron chi connectivity index (χ4n) is 9.11. The Morgan fingerprint density at radius 2 is 1.15 bits per heavy atom. The number of hydrogen-bond acceptors (Lipinski definition) is 16. The monoisotopic (exact) mass is 1180 g/mol. The van der Waals surface area contributed by atoms with Crippen LogP contribution in [0.3, 0.4) is 0 Å². The topological polar surface area (TPSA) is 237 Å². The largest absolute Gasteiger partial charge is 0.495 e. The molecule has 4 aromatic heterocycles. The van der Waals surface area contributed by atoms with Gasteiger partial charge in [0, 0.05) is 78.7 Å². The Balaban J connectivity index is 0.000000162. The predicted octanol–water partition coefficient (Wildman–Crippen LogP) is 9.05. The quantitative estimate of drug-likeness (QED) is 0.121. The lowest BCUT2D eigenvalue weighted by molar-refractivity contribution is 0.00578. The maximum atomic E-state index is 14.5. The van der Waals surface area contributed by atoms with E-state index in [2.05, 4.69) is 46.5 Å². The SMILES string of the molecule is C.Cc1cc(S(C)(=O)=O)ccc1-c1cnc(NCc2c(F)ccc3c2CCO3)n2cc(C#N)nc12.Cc1cc(S(C)(=O)=O)ccc1B1OC(C)(C)C(C)(C)O1.N#Cc1cn2c(NCc3c(F)ccc4c3CCO4)ncc(Br)c2n1. The number of sulfone groups is 2. The van der Waals surface area contributed by atoms with Crippen LogP contribution in [0.4, 0.5) is 20.7 Å². The van der Waals surface area contributed by atoms with Gasteiger partial charge in [-0.05, 0) is 123 Å². The maximum Gasteiger partial charge on any atom is 0.495 e. The van der Waals surface area contributed by atoms with Crippen molar-refractivity contribution in [2.24, 2.45) is 0 Å². The molecule has 7 heterocycles. The van der Waals surface area contributed by atoms with Gasteiger partial charge >= 0.3 is 7.12 Å². The molecule has 79 heavy (non-hydrogen) atoms. The highest BCUT2D eigenvalue weighted by Crippen LogP contribution is 2.38. The number of ether oxygens (including phenoxy) is 2. The van der Waals surface area contributed by atoms with Crippen molar-refractivity contribution in [1.82, 2.24) is 28.7 Å². The van der Waals surface area contributed by atoms with Gasteiger partial charge in [-0.2, -0.15) is 10.5 Å². The minimum absolute atomic E-state index is 0. The van der Waals surface area contributed by atoms with Crippen LogP contribution in [-0.4, -0.2) is 89.6 Å². The first-order valence-electron chi connectivity index (χ1n) is 24.4. The Morgan fingerprint density at radius 3 is 1.63 bits per heavy atom. The first kappa shape index (κ1) is 57.7. The summed E-state index contributed by atoms with van der Waals surface area (Å²) in [5.41, 5.74) is 7.39. The number of anilines is 2. The molecule has 11 rings (SSSR count). The highest BCUT2D eigenvalue weighted by molar-refractivity contribution is 9.10. The molecule has 410 valence electrons. The first-order valence-corrected chi connectivity index (χ1v) is 29.0. The summed E-state index contributed by atoms with van der Waals surface area (Å²) in [7, 11) is -7.00. The van der Waals surface area contributed by atoms with Crippen molar-refractivity contribution < 1.29 is 44.4 Å². The molecular weight excluding hydrogens is 1120 g/mol. The van der Waals surface area contributed by atoms with Gasteiger partial charge in [-0.1, -0.05) is 25.1 Å². The Morgan fingerprint density at radius 1 is 0.684 bits per heavy atom. The van der Waals surface area contributed by atoms with E-state index < -0.39 is 38.0 Å². The number of nitrogens with one attached hydrogen (secondary N) is 2. The van der Waals surface area contributed by atoms with Gasteiger partial charge in [0.15, 0.2) is 42.4 Å². The van der Waals surface area contributed by atoms with Crippen LogP contribution >= 0.6 is 15.9 Å². The van der Waals surface area contributed by atoms with Crippen LogP contribution < -0.4 is 25.6 Å². The van der Waals surface area contributed by atoms with Crippen molar-refractivity contribution in [2.75, 3.05) is 36.4 Å². The third-order valence-corrected chi connectivity index (χ3v) is 16.8. The van der Waals surface area contributed by atoms with E-state index in [-0.39, 0.29) is 48.4 Å². The smallest absolute Gasteiger partial charge is 0.493 e. The average Bonchev–Trinajstić information content (AvgIpc) is 4.39. The summed E-state index contributed by atoms with van der Waals surface area (Å²) >= 11 is 3.36. The second kappa shape index (κ2) is 22.3. The van der Waals surface area contributed by atoms with Gasteiger partial charge in [0.1, 0.15) is 35.3 Å². The number of benzene rings is 4. The van der Waals surface area contributed by atoms with Crippen molar-refractivity contribution in [1.29, 1.82) is 10.5 Å². The summed E-state index contributed by atoms with van der Waals surface area (Å²) < 4.78 is 103. The van der Waals surface area contributed by atoms with E-state index in [1.165, 1.54) is 24.5 Å². The molecule has 0 unspecified atom stereocenters. The van der Waals surface area contributed by atoms with Crippen LogP contribution in [-0.2, 0) is 54.9 Å². The normalized spacial score (nSPS) is 14.8. The average molecular weight is 1180 g/mol. The number of imidazole rings is 2. The number of halogens is 3. The zero-order valence-electron chi connectivity index (χ0n) is 43.7. The number of hydrogen-bond donors (Lipinski definition) is 2. The van der Waals surface area contributed by atoms with E-state index in [1.807, 2.05) is 53.7 Å². The summed E-state index contributed by atoms with van der Waals surface area (Å²) in [4.78, 5) is 18.0. The molecule has 24 heteroatoms. The summed E-state index contributed by atoms with van der Waals surface area (Å²) in [6, 6.07) is 20.0. The molecule has 1 saturated heterocycles. The molecule has 3 aliphatic rings. The van der Waals surface area contributed by atoms with Crippen molar-refractivity contribution in [2.45, 2.75) is 95.9 Å². The Labute approximate surface area is 465 Å². The summed E-state index contributed by atoms with van der Waals surface area (Å²) in [5.74, 6) is 1.70. The van der Waals surface area contributed by atoms with Crippen LogP contribution in [0.1, 0.15) is 79.9 Å². The molecule has 18 nitrogen and oxygen atoms in total. The van der Waals surface area contributed by atoms with Crippen LogP contribution in [0, 0.1) is 48.1 Å². The molecule has 0 atom stereocenters. The molecule has 3 aliphatic heterocycles. The molecule has 2 N–H and O–H groups in total. The number of aromatic nitrogens is 6. The lowest BCUT2D eigenvalue weighted by Crippen LogP contribution is -2.41. The molecular formula is C55H56BBrF2N10O8S2. The highest BCUT2D eigenvalue weighted by Gasteiger charge is 2.52. The number of aryl methyl sites for hydroxylation is 2. The van der Waals surface area contributed by atoms with Gasteiger partial charge in [-0.3, -0.25) is 8.80 Å². The van der Waals surface area contributed by atoms with E-state index in [1.54, 1.807) is 76.1 Å². The van der Waals surface area contributed by atoms with Gasteiger partial charge in [-0.15, -0.1) is 0 Å². The summed E-state index contributed by atoms with van der Waals surface area (Å²) in [6.07, 6.45) is 10.1. The Hall–Kier alpha value is -7.48. The van der Waals surface area contributed by atoms with Crippen molar-refractivity contribution in [3.05, 3.63) is 146 Å². The van der Waals surface area contributed by atoms with Crippen LogP contribution in [0.25, 0.3) is 22.4 Å². The van der Waals surface area contributed by atoms with Gasteiger partial charge < -0.3 is 29.4 Å². The van der Waals surface area contributed by atoms with Gasteiger partial charge in [0.25, 0.3) is 0 Å². The molecule has 0 bridgehead atoms. The van der Waals surface area contributed by atoms with Crippen molar-refractivity contribution in [3.8, 4) is 34.8 Å². The number of fused-ring (bicyclic) bond motifs is 4. The predicted molar refractivity (Wildman–Crippen MR) is 299 cm³/mol. The van der Waals surface area contributed by atoms with Gasteiger partial charge in [0.05, 0.1) is 51.1 Å². The van der Waals surface area contributed by atoms with Crippen molar-refractivity contribution in [3.63, 3.8) is 0 Å². The molecule has 0 amide bonds. The van der Waals surface area contributed by atoms with E-state index in [4.69, 9.17) is 24.0 Å². The molecule has 4 aromatic carbocycles. The third kappa shape index (κ3) is 11.8. The molecule has 0 spiro atoms. The fourth-order valence-corrected chi connectivity index (χ4v) is 10.9. The lowest BCUT2D eigenvalue weighted by Gasteiger charge is -2.32. The fraction of sp³-hybridized carbons (Fsp3) is 0.309. The van der Waals surface area contributed by atoms with Crippen LogP contribution in [0.5, 0.6) is 11.5 Å². The van der Waals surface area contributed by atoms with E-state index >= 15 is 0 Å². The third-order valence-electron chi connectivity index (χ3n) is 14.0. The van der Waals surface area contributed by atoms with E-state index in [9.17, 15) is 30.9 Å². The van der Waals surface area contributed by atoms with Crippen LogP contribution in [0.2, 0.25) is 0 Å². The molecule has 0 saturated carbocycles. The lowest BCUT2D eigenvalue weighted by atomic mass is 9.76. The first-order chi connectivity index (χ1) is 36.9. The number of nitriles is 2. The minimum atomic E-state index is -3.34. The minimum Gasteiger partial charge on any atom is -0.493 e. The zero-order chi connectivity index (χ0) is 56.1. The molecule has 0 aliphatic carbocycles. The number of nitrogens with zero attached hydrogens (tertiary/aromatic N) is 8. The number of rotatable bonds is 10. The second-order valence-corrected chi connectivity index (χ2v) is 24.7. The summed E-state index contributed by atoms with van der Waals surface area (Å²) in [5, 5.41) is 24.7. The molecule has 0 radical (unpaired) electrons. The van der Waals surface area contributed by atoms with Crippen molar-refractivity contribution >= 4 is 71.4 Å². The molecule has 8 aromatic rings. The second-order valence-electron chi connectivity index (χ2n) is 19.8. The van der Waals surface area contributed by atoms with Crippen LogP contribution in [0.15, 0.2) is 99.7 Å². The maximum absolute atomic E-state index is 14.5. The Bertz CT molecular complexity index is 4010. The summed E-state index contributed by atoms with van der Waals surface area (Å²) in [6.45, 7) is 13.2. The zero-order valence-corrected chi connectivity index (χ0v) is 46.9. The Kier molecular flexibility index (Phi) is 16.3. The van der Waals surface area contributed by atoms with Gasteiger partial charge in [-0.25, -0.2) is 45.6 Å².